The molecule has 0 bridgehead atoms. The number of rotatable bonds is 3. The smallest absolute Gasteiger partial charge is 0.195 e. The third-order valence-corrected chi connectivity index (χ3v) is 2.94. The maximum Gasteiger partial charge on any atom is 0.195 e. The van der Waals surface area contributed by atoms with Gasteiger partial charge in [0.05, 0.1) is 6.04 Å². The zero-order valence-electron chi connectivity index (χ0n) is 9.98. The van der Waals surface area contributed by atoms with Crippen LogP contribution >= 0.6 is 0 Å². The normalized spacial score (nSPS) is 16.2. The summed E-state index contributed by atoms with van der Waals surface area (Å²) in [6.07, 6.45) is 3.43. The van der Waals surface area contributed by atoms with Crippen molar-refractivity contribution in [3.8, 4) is 0 Å². The Morgan fingerprint density at radius 3 is 2.50 bits per heavy atom. The predicted octanol–water partition coefficient (Wildman–Crippen LogP) is 2.16. The van der Waals surface area contributed by atoms with Crippen LogP contribution in [0.15, 0.2) is 29.3 Å². The summed E-state index contributed by atoms with van der Waals surface area (Å²) >= 11 is 0. The molecule has 0 radical (unpaired) electrons. The van der Waals surface area contributed by atoms with Gasteiger partial charge >= 0.3 is 0 Å². The van der Waals surface area contributed by atoms with Gasteiger partial charge < -0.3 is 10.6 Å². The zero-order chi connectivity index (χ0) is 11.5. The molecule has 1 aromatic rings. The molecule has 0 aliphatic heterocycles. The molecule has 0 amide bonds. The fourth-order valence-corrected chi connectivity index (χ4v) is 1.56. The zero-order valence-corrected chi connectivity index (χ0v) is 9.98. The lowest BCUT2D eigenvalue weighted by Crippen LogP contribution is -2.34. The molecule has 1 aromatic carbocycles. The number of anilines is 1. The van der Waals surface area contributed by atoms with E-state index in [0.717, 1.165) is 12.1 Å². The number of guanidine groups is 1. The first-order valence-corrected chi connectivity index (χ1v) is 5.86. The van der Waals surface area contributed by atoms with Gasteiger partial charge in [0.25, 0.3) is 0 Å². The number of aliphatic imine (C=N–C) groups is 1. The Kier molecular flexibility index (Phi) is 3.13. The van der Waals surface area contributed by atoms with Gasteiger partial charge in [-0.05, 0) is 37.0 Å². The predicted molar refractivity (Wildman–Crippen MR) is 68.9 cm³/mol. The van der Waals surface area contributed by atoms with Crippen LogP contribution in [0.2, 0.25) is 0 Å². The summed E-state index contributed by atoms with van der Waals surface area (Å²) in [5, 5.41) is 0. The Labute approximate surface area is 97.0 Å². The number of nitrogens with two attached hydrogens (primary N) is 1. The van der Waals surface area contributed by atoms with E-state index in [2.05, 4.69) is 36.2 Å². The molecule has 0 saturated heterocycles. The lowest BCUT2D eigenvalue weighted by molar-refractivity contribution is 1.03. The molecule has 0 atom stereocenters. The second kappa shape index (κ2) is 4.56. The maximum absolute atomic E-state index is 5.94. The first-order chi connectivity index (χ1) is 7.70. The van der Waals surface area contributed by atoms with E-state index in [1.54, 1.807) is 0 Å². The number of aryl methyl sites for hydroxylation is 1. The van der Waals surface area contributed by atoms with Gasteiger partial charge in [0.2, 0.25) is 0 Å². The minimum absolute atomic E-state index is 0.470. The molecule has 0 spiro atoms. The third-order valence-electron chi connectivity index (χ3n) is 2.94. The highest BCUT2D eigenvalue weighted by Gasteiger charge is 2.21. The summed E-state index contributed by atoms with van der Waals surface area (Å²) in [5.74, 6) is 0.617. The van der Waals surface area contributed by atoms with Crippen molar-refractivity contribution in [2.45, 2.75) is 32.2 Å². The summed E-state index contributed by atoms with van der Waals surface area (Å²) in [5.41, 5.74) is 8.38. The molecule has 1 saturated carbocycles. The Morgan fingerprint density at radius 1 is 1.38 bits per heavy atom. The molecule has 2 N–H and O–H groups in total. The van der Waals surface area contributed by atoms with E-state index in [0.29, 0.717) is 12.0 Å². The molecule has 0 heterocycles. The number of nitrogens with zero attached hydrogens (tertiary/aromatic N) is 2. The third kappa shape index (κ3) is 2.54. The monoisotopic (exact) mass is 217 g/mol. The Morgan fingerprint density at radius 2 is 2.00 bits per heavy atom. The second-order valence-corrected chi connectivity index (χ2v) is 4.30. The summed E-state index contributed by atoms with van der Waals surface area (Å²) < 4.78 is 0. The van der Waals surface area contributed by atoms with Crippen LogP contribution in [-0.4, -0.2) is 19.0 Å². The minimum atomic E-state index is 0.470. The molecule has 0 unspecified atom stereocenters. The van der Waals surface area contributed by atoms with Crippen molar-refractivity contribution in [3.63, 3.8) is 0 Å². The summed E-state index contributed by atoms with van der Waals surface area (Å²) in [6, 6.07) is 8.92. The molecule has 1 fully saturated rings. The molecule has 3 nitrogen and oxygen atoms in total. The Hall–Kier alpha value is -1.51. The van der Waals surface area contributed by atoms with Crippen molar-refractivity contribution >= 4 is 11.6 Å². The molecular weight excluding hydrogens is 198 g/mol. The van der Waals surface area contributed by atoms with E-state index in [1.165, 1.54) is 18.4 Å². The SMILES string of the molecule is CCc1ccc(N(C)C(N)=NC2CC2)cc1. The van der Waals surface area contributed by atoms with Gasteiger partial charge in [0, 0.05) is 12.7 Å². The summed E-state index contributed by atoms with van der Waals surface area (Å²) in [7, 11) is 1.96. The largest absolute Gasteiger partial charge is 0.370 e. The summed E-state index contributed by atoms with van der Waals surface area (Å²) in [4.78, 5) is 6.37. The standard InChI is InChI=1S/C13H19N3/c1-3-10-4-8-12(9-5-10)16(2)13(14)15-11-6-7-11/h4-5,8-9,11H,3,6-7H2,1-2H3,(H2,14,15). The maximum atomic E-state index is 5.94. The van der Waals surface area contributed by atoms with E-state index in [4.69, 9.17) is 5.73 Å². The molecule has 0 aromatic heterocycles. The average Bonchev–Trinajstić information content (AvgIpc) is 3.12. The fourth-order valence-electron chi connectivity index (χ4n) is 1.56. The molecule has 1 aliphatic carbocycles. The van der Waals surface area contributed by atoms with Crippen molar-refractivity contribution in [3.05, 3.63) is 29.8 Å². The highest BCUT2D eigenvalue weighted by molar-refractivity contribution is 5.94. The van der Waals surface area contributed by atoms with E-state index in [-0.39, 0.29) is 0 Å². The molecule has 3 heteroatoms. The van der Waals surface area contributed by atoms with Crippen LogP contribution in [0.1, 0.15) is 25.3 Å². The second-order valence-electron chi connectivity index (χ2n) is 4.30. The summed E-state index contributed by atoms with van der Waals surface area (Å²) in [6.45, 7) is 2.15. The van der Waals surface area contributed by atoms with Gasteiger partial charge in [-0.3, -0.25) is 0 Å². The first kappa shape index (κ1) is 11.0. The molecule has 1 aliphatic rings. The van der Waals surface area contributed by atoms with Gasteiger partial charge in [0.15, 0.2) is 5.96 Å². The van der Waals surface area contributed by atoms with E-state index < -0.39 is 0 Å². The fraction of sp³-hybridized carbons (Fsp3) is 0.462. The van der Waals surface area contributed by atoms with E-state index >= 15 is 0 Å². The number of benzene rings is 1. The highest BCUT2D eigenvalue weighted by Crippen LogP contribution is 2.24. The Bertz CT molecular complexity index is 377. The van der Waals surface area contributed by atoms with Crippen molar-refractivity contribution in [2.75, 3.05) is 11.9 Å². The van der Waals surface area contributed by atoms with Gasteiger partial charge in [-0.15, -0.1) is 0 Å². The van der Waals surface area contributed by atoms with Crippen LogP contribution in [0.4, 0.5) is 5.69 Å². The highest BCUT2D eigenvalue weighted by atomic mass is 15.2. The molecule has 16 heavy (non-hydrogen) atoms. The van der Waals surface area contributed by atoms with Crippen LogP contribution in [0.25, 0.3) is 0 Å². The van der Waals surface area contributed by atoms with Crippen LogP contribution in [0.3, 0.4) is 0 Å². The number of hydrogen-bond acceptors (Lipinski definition) is 1. The molecular formula is C13H19N3. The van der Waals surface area contributed by atoms with Crippen LogP contribution in [0, 0.1) is 0 Å². The lowest BCUT2D eigenvalue weighted by atomic mass is 10.1. The first-order valence-electron chi connectivity index (χ1n) is 5.86. The van der Waals surface area contributed by atoms with E-state index in [9.17, 15) is 0 Å². The van der Waals surface area contributed by atoms with Crippen LogP contribution in [0.5, 0.6) is 0 Å². The van der Waals surface area contributed by atoms with E-state index in [1.807, 2.05) is 11.9 Å². The quantitative estimate of drug-likeness (QED) is 0.622. The van der Waals surface area contributed by atoms with Gasteiger partial charge in [-0.1, -0.05) is 19.1 Å². The molecule has 86 valence electrons. The number of hydrogen-bond donors (Lipinski definition) is 1. The van der Waals surface area contributed by atoms with Crippen molar-refractivity contribution < 1.29 is 0 Å². The average molecular weight is 217 g/mol. The van der Waals surface area contributed by atoms with Gasteiger partial charge in [-0.2, -0.15) is 0 Å². The van der Waals surface area contributed by atoms with Crippen LogP contribution < -0.4 is 10.6 Å². The Balaban J connectivity index is 2.09. The van der Waals surface area contributed by atoms with Crippen molar-refractivity contribution in [2.24, 2.45) is 10.7 Å². The lowest BCUT2D eigenvalue weighted by Gasteiger charge is -2.18. The molecule has 2 rings (SSSR count). The van der Waals surface area contributed by atoms with Crippen molar-refractivity contribution in [1.29, 1.82) is 0 Å². The van der Waals surface area contributed by atoms with Crippen molar-refractivity contribution in [1.82, 2.24) is 0 Å². The minimum Gasteiger partial charge on any atom is -0.370 e. The van der Waals surface area contributed by atoms with Gasteiger partial charge in [0.1, 0.15) is 0 Å². The van der Waals surface area contributed by atoms with Crippen LogP contribution in [-0.2, 0) is 6.42 Å². The van der Waals surface area contributed by atoms with Gasteiger partial charge in [-0.25, -0.2) is 4.99 Å². The topological polar surface area (TPSA) is 41.6 Å².